The first-order chi connectivity index (χ1) is 7.27. The second-order valence-corrected chi connectivity index (χ2v) is 6.89. The van der Waals surface area contributed by atoms with Crippen LogP contribution >= 0.6 is 0 Å². The standard InChI is InChI=1S/C11H24N2O2S/c1-6-9(2)12-7-10(3)13(11(4)8-12)16(5,14)15/h9-11H,6-8H2,1-5H3/t9?,10-,11-/m1/s1. The molecule has 16 heavy (non-hydrogen) atoms. The van der Waals surface area contributed by atoms with Gasteiger partial charge in [0.15, 0.2) is 0 Å². The molecule has 1 heterocycles. The Morgan fingerprint density at radius 1 is 1.25 bits per heavy atom. The Hall–Kier alpha value is -0.130. The summed E-state index contributed by atoms with van der Waals surface area (Å²) in [5, 5.41) is 0. The molecule has 1 fully saturated rings. The molecule has 0 amide bonds. The lowest BCUT2D eigenvalue weighted by Crippen LogP contribution is -2.59. The van der Waals surface area contributed by atoms with Crippen molar-refractivity contribution in [2.45, 2.75) is 52.2 Å². The Kier molecular flexibility index (Phi) is 4.37. The molecule has 3 atom stereocenters. The summed E-state index contributed by atoms with van der Waals surface area (Å²) in [6.45, 7) is 10.0. The first-order valence-corrected chi connectivity index (χ1v) is 7.84. The van der Waals surface area contributed by atoms with Gasteiger partial charge in [-0.15, -0.1) is 0 Å². The summed E-state index contributed by atoms with van der Waals surface area (Å²) in [7, 11) is -3.07. The summed E-state index contributed by atoms with van der Waals surface area (Å²) >= 11 is 0. The molecule has 1 aliphatic heterocycles. The number of hydrogen-bond donors (Lipinski definition) is 0. The van der Waals surface area contributed by atoms with Gasteiger partial charge < -0.3 is 0 Å². The van der Waals surface area contributed by atoms with Crippen LogP contribution in [0.25, 0.3) is 0 Å². The molecule has 0 saturated carbocycles. The van der Waals surface area contributed by atoms with Gasteiger partial charge in [0.05, 0.1) is 6.26 Å². The zero-order chi connectivity index (χ0) is 12.5. The fourth-order valence-corrected chi connectivity index (χ4v) is 4.06. The van der Waals surface area contributed by atoms with Crippen molar-refractivity contribution in [1.29, 1.82) is 0 Å². The number of sulfonamides is 1. The molecule has 1 unspecified atom stereocenters. The molecule has 1 aliphatic rings. The molecule has 1 saturated heterocycles. The highest BCUT2D eigenvalue weighted by Gasteiger charge is 2.36. The molecule has 5 heteroatoms. The van der Waals surface area contributed by atoms with Crippen LogP contribution in [0.5, 0.6) is 0 Å². The van der Waals surface area contributed by atoms with Crippen LogP contribution in [0.2, 0.25) is 0 Å². The van der Waals surface area contributed by atoms with Crippen LogP contribution in [0.15, 0.2) is 0 Å². The monoisotopic (exact) mass is 248 g/mol. The van der Waals surface area contributed by atoms with E-state index in [0.29, 0.717) is 6.04 Å². The van der Waals surface area contributed by atoms with E-state index in [4.69, 9.17) is 0 Å². The van der Waals surface area contributed by atoms with Gasteiger partial charge in [-0.25, -0.2) is 8.42 Å². The summed E-state index contributed by atoms with van der Waals surface area (Å²) in [5.41, 5.74) is 0. The van der Waals surface area contributed by atoms with E-state index < -0.39 is 10.0 Å². The smallest absolute Gasteiger partial charge is 0.211 e. The van der Waals surface area contributed by atoms with Crippen molar-refractivity contribution >= 4 is 10.0 Å². The molecule has 0 N–H and O–H groups in total. The van der Waals surface area contributed by atoms with E-state index in [9.17, 15) is 8.42 Å². The van der Waals surface area contributed by atoms with Crippen molar-refractivity contribution in [2.75, 3.05) is 19.3 Å². The Balaban J connectivity index is 2.79. The predicted molar refractivity (Wildman–Crippen MR) is 66.9 cm³/mol. The number of hydrogen-bond acceptors (Lipinski definition) is 3. The molecule has 0 aromatic carbocycles. The van der Waals surface area contributed by atoms with Gasteiger partial charge >= 0.3 is 0 Å². The second kappa shape index (κ2) is 5.02. The van der Waals surface area contributed by atoms with Crippen molar-refractivity contribution in [3.8, 4) is 0 Å². The Morgan fingerprint density at radius 2 is 1.69 bits per heavy atom. The van der Waals surface area contributed by atoms with Crippen LogP contribution in [-0.2, 0) is 10.0 Å². The first-order valence-electron chi connectivity index (χ1n) is 6.00. The molecule has 1 rings (SSSR count). The normalized spacial score (nSPS) is 31.6. The average Bonchev–Trinajstić information content (AvgIpc) is 2.13. The molecule has 0 aliphatic carbocycles. The lowest BCUT2D eigenvalue weighted by molar-refractivity contribution is 0.0724. The number of nitrogens with zero attached hydrogens (tertiary/aromatic N) is 2. The van der Waals surface area contributed by atoms with E-state index in [1.165, 1.54) is 6.26 Å². The third-order valence-corrected chi connectivity index (χ3v) is 4.95. The molecule has 96 valence electrons. The van der Waals surface area contributed by atoms with Gasteiger partial charge in [0.2, 0.25) is 10.0 Å². The third-order valence-electron chi connectivity index (χ3n) is 3.46. The van der Waals surface area contributed by atoms with Crippen molar-refractivity contribution in [2.24, 2.45) is 0 Å². The van der Waals surface area contributed by atoms with Crippen LogP contribution in [0.4, 0.5) is 0 Å². The maximum Gasteiger partial charge on any atom is 0.211 e. The van der Waals surface area contributed by atoms with Crippen molar-refractivity contribution < 1.29 is 8.42 Å². The van der Waals surface area contributed by atoms with E-state index in [1.54, 1.807) is 4.31 Å². The van der Waals surface area contributed by atoms with E-state index in [0.717, 1.165) is 19.5 Å². The zero-order valence-corrected chi connectivity index (χ0v) is 11.8. The largest absolute Gasteiger partial charge is 0.298 e. The fourth-order valence-electron chi connectivity index (χ4n) is 2.62. The first kappa shape index (κ1) is 13.9. The van der Waals surface area contributed by atoms with Gasteiger partial charge in [0.25, 0.3) is 0 Å². The van der Waals surface area contributed by atoms with Gasteiger partial charge in [0.1, 0.15) is 0 Å². The van der Waals surface area contributed by atoms with E-state index in [1.807, 2.05) is 13.8 Å². The summed E-state index contributed by atoms with van der Waals surface area (Å²) in [4.78, 5) is 2.39. The fraction of sp³-hybridized carbons (Fsp3) is 1.00. The van der Waals surface area contributed by atoms with Gasteiger partial charge in [-0.05, 0) is 27.2 Å². The highest BCUT2D eigenvalue weighted by molar-refractivity contribution is 7.88. The number of piperazine rings is 1. The molecule has 4 nitrogen and oxygen atoms in total. The van der Waals surface area contributed by atoms with Crippen LogP contribution < -0.4 is 0 Å². The summed E-state index contributed by atoms with van der Waals surface area (Å²) < 4.78 is 25.0. The highest BCUT2D eigenvalue weighted by atomic mass is 32.2. The number of rotatable bonds is 3. The Morgan fingerprint density at radius 3 is 2.00 bits per heavy atom. The zero-order valence-electron chi connectivity index (χ0n) is 11.0. The minimum atomic E-state index is -3.07. The molecule has 0 aromatic heterocycles. The quantitative estimate of drug-likeness (QED) is 0.752. The third kappa shape index (κ3) is 2.96. The predicted octanol–water partition coefficient (Wildman–Crippen LogP) is 1.14. The van der Waals surface area contributed by atoms with Gasteiger partial charge in [-0.2, -0.15) is 4.31 Å². The maximum absolute atomic E-state index is 11.7. The highest BCUT2D eigenvalue weighted by Crippen LogP contribution is 2.21. The molecular formula is C11H24N2O2S. The average molecular weight is 248 g/mol. The topological polar surface area (TPSA) is 40.6 Å². The summed E-state index contributed by atoms with van der Waals surface area (Å²) in [6.07, 6.45) is 2.41. The van der Waals surface area contributed by atoms with Gasteiger partial charge in [-0.1, -0.05) is 6.92 Å². The van der Waals surface area contributed by atoms with Gasteiger partial charge in [0, 0.05) is 31.2 Å². The second-order valence-electron chi connectivity index (χ2n) is 5.00. The SMILES string of the molecule is CCC(C)N1C[C@@H](C)N(S(C)(=O)=O)[C@H](C)C1. The van der Waals surface area contributed by atoms with E-state index in [2.05, 4.69) is 18.7 Å². The van der Waals surface area contributed by atoms with Crippen molar-refractivity contribution in [3.05, 3.63) is 0 Å². The van der Waals surface area contributed by atoms with Crippen LogP contribution in [0, 0.1) is 0 Å². The maximum atomic E-state index is 11.7. The summed E-state index contributed by atoms with van der Waals surface area (Å²) in [5.74, 6) is 0. The van der Waals surface area contributed by atoms with Crippen LogP contribution in [0.3, 0.4) is 0 Å². The Bertz CT molecular complexity index is 317. The molecule has 0 spiro atoms. The van der Waals surface area contributed by atoms with Crippen LogP contribution in [-0.4, -0.2) is 55.1 Å². The van der Waals surface area contributed by atoms with E-state index >= 15 is 0 Å². The molecular weight excluding hydrogens is 224 g/mol. The van der Waals surface area contributed by atoms with Crippen molar-refractivity contribution in [1.82, 2.24) is 9.21 Å². The minimum absolute atomic E-state index is 0.0766. The molecule has 0 aromatic rings. The molecule has 0 bridgehead atoms. The minimum Gasteiger partial charge on any atom is -0.298 e. The lowest BCUT2D eigenvalue weighted by Gasteiger charge is -2.45. The van der Waals surface area contributed by atoms with Crippen molar-refractivity contribution in [3.63, 3.8) is 0 Å². The van der Waals surface area contributed by atoms with E-state index in [-0.39, 0.29) is 12.1 Å². The van der Waals surface area contributed by atoms with Crippen LogP contribution in [0.1, 0.15) is 34.1 Å². The van der Waals surface area contributed by atoms with Gasteiger partial charge in [-0.3, -0.25) is 4.90 Å². The molecule has 0 radical (unpaired) electrons. The Labute approximate surface area is 99.7 Å². The summed E-state index contributed by atoms with van der Waals surface area (Å²) in [6, 6.07) is 0.687. The lowest BCUT2D eigenvalue weighted by atomic mass is 10.1.